The molecule has 0 spiro atoms. The quantitative estimate of drug-likeness (QED) is 0.680. The summed E-state index contributed by atoms with van der Waals surface area (Å²) in [5, 5.41) is 0. The molecule has 2 saturated heterocycles. The van der Waals surface area contributed by atoms with Gasteiger partial charge >= 0.3 is 6.18 Å². The Morgan fingerprint density at radius 2 is 1.84 bits per heavy atom. The molecule has 1 unspecified atom stereocenters. The van der Waals surface area contributed by atoms with Crippen LogP contribution in [-0.2, 0) is 23.1 Å². The van der Waals surface area contributed by atoms with Crippen LogP contribution in [0.1, 0.15) is 44.9 Å². The Morgan fingerprint density at radius 3 is 2.52 bits per heavy atom. The van der Waals surface area contributed by atoms with E-state index in [0.717, 1.165) is 24.8 Å². The highest BCUT2D eigenvalue weighted by atomic mass is 32.2. The molecule has 2 aliphatic heterocycles. The van der Waals surface area contributed by atoms with E-state index in [2.05, 4.69) is 4.98 Å². The third kappa shape index (κ3) is 4.61. The summed E-state index contributed by atoms with van der Waals surface area (Å²) in [5.74, 6) is -0.630. The third-order valence-corrected chi connectivity index (χ3v) is 8.30. The van der Waals surface area contributed by atoms with Crippen molar-refractivity contribution in [2.24, 2.45) is 5.92 Å². The molecule has 0 N–H and O–H groups in total. The lowest BCUT2D eigenvalue weighted by Gasteiger charge is -2.33. The normalized spacial score (nSPS) is 22.3. The minimum Gasteiger partial charge on any atom is -0.327 e. The molecule has 0 amide bonds. The molecule has 2 fully saturated rings. The van der Waals surface area contributed by atoms with Crippen LogP contribution in [0.15, 0.2) is 23.1 Å². The molecule has 1 atom stereocenters. The second-order valence-corrected chi connectivity index (χ2v) is 10.4. The van der Waals surface area contributed by atoms with Crippen molar-refractivity contribution in [3.8, 4) is 0 Å². The van der Waals surface area contributed by atoms with Gasteiger partial charge in [0.2, 0.25) is 10.0 Å². The molecule has 1 aromatic carbocycles. The Morgan fingerprint density at radius 1 is 1.10 bits per heavy atom. The highest BCUT2D eigenvalue weighted by Gasteiger charge is 2.41. The van der Waals surface area contributed by atoms with E-state index in [1.54, 1.807) is 23.1 Å². The molecule has 0 aliphatic carbocycles. The lowest BCUT2D eigenvalue weighted by Crippen LogP contribution is -2.41. The third-order valence-electron chi connectivity index (χ3n) is 6.40. The first-order chi connectivity index (χ1) is 14.7. The Kier molecular flexibility index (Phi) is 6.33. The van der Waals surface area contributed by atoms with Gasteiger partial charge in [0.1, 0.15) is 5.82 Å². The van der Waals surface area contributed by atoms with Crippen LogP contribution >= 0.6 is 0 Å². The summed E-state index contributed by atoms with van der Waals surface area (Å²) in [4.78, 5) is 6.67. The summed E-state index contributed by atoms with van der Waals surface area (Å²) in [6.07, 6.45) is -0.728. The molecule has 0 bridgehead atoms. The van der Waals surface area contributed by atoms with E-state index in [4.69, 9.17) is 0 Å². The number of aryl methyl sites for hydroxylation is 1. The fraction of sp³-hybridized carbons (Fsp3) is 0.667. The number of hydrogen-bond donors (Lipinski definition) is 0. The lowest BCUT2D eigenvalue weighted by molar-refractivity contribution is -0.187. The number of piperidine rings is 2. The molecule has 2 aliphatic rings. The second-order valence-electron chi connectivity index (χ2n) is 8.50. The van der Waals surface area contributed by atoms with Gasteiger partial charge in [0, 0.05) is 26.2 Å². The van der Waals surface area contributed by atoms with Gasteiger partial charge in [-0.3, -0.25) is 4.90 Å². The van der Waals surface area contributed by atoms with Gasteiger partial charge in [-0.15, -0.1) is 0 Å². The van der Waals surface area contributed by atoms with Gasteiger partial charge in [0.05, 0.1) is 28.4 Å². The Hall–Kier alpha value is -1.65. The first kappa shape index (κ1) is 22.5. The molecule has 0 saturated carbocycles. The average molecular weight is 459 g/mol. The summed E-state index contributed by atoms with van der Waals surface area (Å²) in [7, 11) is -3.57. The molecule has 4 rings (SSSR count). The molecule has 172 valence electrons. The monoisotopic (exact) mass is 458 g/mol. The van der Waals surface area contributed by atoms with Crippen LogP contribution in [0.25, 0.3) is 11.0 Å². The number of imidazole rings is 1. The molecule has 0 radical (unpaired) electrons. The smallest absolute Gasteiger partial charge is 0.327 e. The Bertz CT molecular complexity index is 1030. The molecule has 6 nitrogen and oxygen atoms in total. The predicted octanol–water partition coefficient (Wildman–Crippen LogP) is 4.01. The van der Waals surface area contributed by atoms with E-state index in [-0.39, 0.29) is 17.9 Å². The molecule has 31 heavy (non-hydrogen) atoms. The molecular formula is C21H29F3N4O2S. The summed E-state index contributed by atoms with van der Waals surface area (Å²) in [6, 6.07) is 4.98. The zero-order chi connectivity index (χ0) is 22.2. The summed E-state index contributed by atoms with van der Waals surface area (Å²) in [6.45, 7) is 4.54. The number of sulfonamides is 1. The molecule has 2 aromatic rings. The zero-order valence-corrected chi connectivity index (χ0v) is 18.6. The van der Waals surface area contributed by atoms with Gasteiger partial charge in [0.15, 0.2) is 0 Å². The van der Waals surface area contributed by atoms with Gasteiger partial charge in [-0.05, 0) is 57.4 Å². The maximum Gasteiger partial charge on any atom is 0.393 e. The van der Waals surface area contributed by atoms with Crippen LogP contribution in [0.3, 0.4) is 0 Å². The van der Waals surface area contributed by atoms with E-state index in [1.807, 2.05) is 11.5 Å². The van der Waals surface area contributed by atoms with Crippen molar-refractivity contribution in [2.45, 2.75) is 63.2 Å². The van der Waals surface area contributed by atoms with Crippen LogP contribution in [0.2, 0.25) is 0 Å². The zero-order valence-electron chi connectivity index (χ0n) is 17.7. The molecule has 3 heterocycles. The van der Waals surface area contributed by atoms with Gasteiger partial charge in [-0.25, -0.2) is 13.4 Å². The minimum atomic E-state index is -4.18. The van der Waals surface area contributed by atoms with Gasteiger partial charge in [-0.2, -0.15) is 17.5 Å². The number of likely N-dealkylation sites (tertiary alicyclic amines) is 1. The first-order valence-corrected chi connectivity index (χ1v) is 12.4. The topological polar surface area (TPSA) is 58.4 Å². The number of aromatic nitrogens is 2. The Labute approximate surface area is 181 Å². The van der Waals surface area contributed by atoms with E-state index in [0.29, 0.717) is 50.5 Å². The molecule has 10 heteroatoms. The van der Waals surface area contributed by atoms with Crippen molar-refractivity contribution in [3.63, 3.8) is 0 Å². The number of halogens is 3. The van der Waals surface area contributed by atoms with Gasteiger partial charge in [-0.1, -0.05) is 6.42 Å². The van der Waals surface area contributed by atoms with Crippen molar-refractivity contribution in [2.75, 3.05) is 26.2 Å². The number of benzene rings is 1. The van der Waals surface area contributed by atoms with Crippen molar-refractivity contribution >= 4 is 21.1 Å². The standard InChI is InChI=1S/C21H29F3N4O2S/c1-2-28-19-9-8-17(31(29,30)27-11-4-3-5-12-27)13-18(19)25-20(28)15-26-10-6-7-16(14-26)21(22,23)24/h8-9,13,16H,2-7,10-12,14-15H2,1H3. The SMILES string of the molecule is CCn1c(CN2CCCC(C(F)(F)F)C2)nc2cc(S(=O)(=O)N3CCCCC3)ccc21. The van der Waals surface area contributed by atoms with Crippen LogP contribution in [0.4, 0.5) is 13.2 Å². The summed E-state index contributed by atoms with van der Waals surface area (Å²) >= 11 is 0. The molecular weight excluding hydrogens is 429 g/mol. The highest BCUT2D eigenvalue weighted by molar-refractivity contribution is 7.89. The van der Waals surface area contributed by atoms with E-state index >= 15 is 0 Å². The first-order valence-electron chi connectivity index (χ1n) is 11.0. The van der Waals surface area contributed by atoms with Crippen LogP contribution in [0, 0.1) is 5.92 Å². The summed E-state index contributed by atoms with van der Waals surface area (Å²) < 4.78 is 69.0. The number of nitrogens with zero attached hydrogens (tertiary/aromatic N) is 4. The Balaban J connectivity index is 1.60. The minimum absolute atomic E-state index is 0.0228. The van der Waals surface area contributed by atoms with E-state index in [9.17, 15) is 21.6 Å². The highest BCUT2D eigenvalue weighted by Crippen LogP contribution is 2.34. The molecule has 1 aromatic heterocycles. The van der Waals surface area contributed by atoms with Crippen LogP contribution < -0.4 is 0 Å². The number of fused-ring (bicyclic) bond motifs is 1. The van der Waals surface area contributed by atoms with Gasteiger partial charge < -0.3 is 4.57 Å². The van der Waals surface area contributed by atoms with Crippen molar-refractivity contribution in [1.29, 1.82) is 0 Å². The fourth-order valence-electron chi connectivity index (χ4n) is 4.71. The van der Waals surface area contributed by atoms with Crippen LogP contribution in [-0.4, -0.2) is 59.5 Å². The lowest BCUT2D eigenvalue weighted by atomic mass is 9.97. The number of rotatable bonds is 5. The van der Waals surface area contributed by atoms with Crippen molar-refractivity contribution < 1.29 is 21.6 Å². The number of alkyl halides is 3. The van der Waals surface area contributed by atoms with Crippen molar-refractivity contribution in [3.05, 3.63) is 24.0 Å². The number of hydrogen-bond acceptors (Lipinski definition) is 4. The predicted molar refractivity (Wildman–Crippen MR) is 112 cm³/mol. The van der Waals surface area contributed by atoms with Crippen molar-refractivity contribution in [1.82, 2.24) is 18.8 Å². The fourth-order valence-corrected chi connectivity index (χ4v) is 6.25. The van der Waals surface area contributed by atoms with E-state index in [1.165, 1.54) is 4.31 Å². The van der Waals surface area contributed by atoms with Crippen LogP contribution in [0.5, 0.6) is 0 Å². The van der Waals surface area contributed by atoms with E-state index < -0.39 is 22.1 Å². The maximum absolute atomic E-state index is 13.2. The maximum atomic E-state index is 13.2. The largest absolute Gasteiger partial charge is 0.393 e. The average Bonchev–Trinajstić information content (AvgIpc) is 3.10. The second kappa shape index (κ2) is 8.71. The van der Waals surface area contributed by atoms with Gasteiger partial charge in [0.25, 0.3) is 0 Å². The summed E-state index contributed by atoms with van der Waals surface area (Å²) in [5.41, 5.74) is 1.37.